The van der Waals surface area contributed by atoms with Crippen molar-refractivity contribution in [1.82, 2.24) is 0 Å². The second kappa shape index (κ2) is 5.04. The first-order chi connectivity index (χ1) is 8.11. The second-order valence-electron chi connectivity index (χ2n) is 3.46. The Kier molecular flexibility index (Phi) is 3.66. The van der Waals surface area contributed by atoms with E-state index in [0.29, 0.717) is 15.6 Å². The lowest BCUT2D eigenvalue weighted by Gasteiger charge is -2.11. The Balaban J connectivity index is 2.34. The van der Waals surface area contributed by atoms with Gasteiger partial charge in [-0.2, -0.15) is 0 Å². The molecule has 1 aromatic carbocycles. The lowest BCUT2D eigenvalue weighted by molar-refractivity contribution is 0.218. The first kappa shape index (κ1) is 12.4. The van der Waals surface area contributed by atoms with Gasteiger partial charge in [-0.1, -0.05) is 11.6 Å². The summed E-state index contributed by atoms with van der Waals surface area (Å²) in [5, 5.41) is 12.3. The first-order valence-corrected chi connectivity index (χ1v) is 6.13. The summed E-state index contributed by atoms with van der Waals surface area (Å²) in [5.74, 6) is -0.0796. The maximum Gasteiger partial charge on any atom is 0.133 e. The van der Waals surface area contributed by atoms with Crippen molar-refractivity contribution in [2.24, 2.45) is 0 Å². The van der Waals surface area contributed by atoms with Crippen molar-refractivity contribution in [2.45, 2.75) is 6.10 Å². The van der Waals surface area contributed by atoms with Crippen LogP contribution < -0.4 is 4.74 Å². The molecular formula is C12H10ClFO2S. The number of aliphatic hydroxyl groups excluding tert-OH is 1. The molecule has 0 bridgehead atoms. The van der Waals surface area contributed by atoms with Crippen LogP contribution in [0.3, 0.4) is 0 Å². The number of aliphatic hydroxyl groups is 1. The predicted octanol–water partition coefficient (Wildman–Crippen LogP) is 3.63. The highest BCUT2D eigenvalue weighted by Crippen LogP contribution is 2.32. The van der Waals surface area contributed by atoms with Crippen molar-refractivity contribution >= 4 is 22.9 Å². The minimum Gasteiger partial charge on any atom is -0.497 e. The zero-order valence-electron chi connectivity index (χ0n) is 8.98. The summed E-state index contributed by atoms with van der Waals surface area (Å²) < 4.78 is 18.6. The van der Waals surface area contributed by atoms with E-state index in [4.69, 9.17) is 16.3 Å². The van der Waals surface area contributed by atoms with E-state index in [1.165, 1.54) is 30.6 Å². The van der Waals surface area contributed by atoms with Gasteiger partial charge in [0.15, 0.2) is 0 Å². The summed E-state index contributed by atoms with van der Waals surface area (Å²) in [7, 11) is 1.46. The van der Waals surface area contributed by atoms with Gasteiger partial charge in [0.1, 0.15) is 17.7 Å². The van der Waals surface area contributed by atoms with E-state index in [1.54, 1.807) is 17.5 Å². The van der Waals surface area contributed by atoms with Crippen LogP contribution in [0.2, 0.25) is 5.02 Å². The molecule has 0 saturated heterocycles. The topological polar surface area (TPSA) is 29.5 Å². The van der Waals surface area contributed by atoms with Gasteiger partial charge in [0.2, 0.25) is 0 Å². The quantitative estimate of drug-likeness (QED) is 0.924. The smallest absolute Gasteiger partial charge is 0.133 e. The van der Waals surface area contributed by atoms with Crippen molar-refractivity contribution in [3.8, 4) is 5.75 Å². The molecule has 90 valence electrons. The molecule has 0 radical (unpaired) electrons. The Bertz CT molecular complexity index is 527. The van der Waals surface area contributed by atoms with Crippen molar-refractivity contribution in [3.63, 3.8) is 0 Å². The molecule has 1 heterocycles. The standard InChI is InChI=1S/C12H10ClFO2S/c1-16-8-2-3-9(10(14)5-8)12(15)11-4-7(13)6-17-11/h2-6,12,15H,1H3. The van der Waals surface area contributed by atoms with Crippen LogP contribution in [-0.4, -0.2) is 12.2 Å². The van der Waals surface area contributed by atoms with Crippen molar-refractivity contribution in [3.05, 3.63) is 50.9 Å². The fourth-order valence-corrected chi connectivity index (χ4v) is 2.56. The van der Waals surface area contributed by atoms with Crippen molar-refractivity contribution in [1.29, 1.82) is 0 Å². The van der Waals surface area contributed by atoms with Gasteiger partial charge in [0.05, 0.1) is 12.1 Å². The summed E-state index contributed by atoms with van der Waals surface area (Å²) in [6.45, 7) is 0. The van der Waals surface area contributed by atoms with Gasteiger partial charge in [0.25, 0.3) is 0 Å². The highest BCUT2D eigenvalue weighted by atomic mass is 35.5. The van der Waals surface area contributed by atoms with Crippen LogP contribution in [0.5, 0.6) is 5.75 Å². The fourth-order valence-electron chi connectivity index (χ4n) is 1.48. The third-order valence-electron chi connectivity index (χ3n) is 2.36. The fraction of sp³-hybridized carbons (Fsp3) is 0.167. The normalized spacial score (nSPS) is 12.5. The van der Waals surface area contributed by atoms with E-state index in [0.717, 1.165) is 0 Å². The molecule has 0 aliphatic heterocycles. The summed E-state index contributed by atoms with van der Waals surface area (Å²) in [4.78, 5) is 0.610. The third-order valence-corrected chi connectivity index (χ3v) is 3.69. The predicted molar refractivity (Wildman–Crippen MR) is 66.3 cm³/mol. The van der Waals surface area contributed by atoms with Crippen LogP contribution in [0, 0.1) is 5.82 Å². The Morgan fingerprint density at radius 1 is 1.41 bits per heavy atom. The minimum atomic E-state index is -1.00. The molecule has 0 amide bonds. The van der Waals surface area contributed by atoms with Crippen LogP contribution in [0.4, 0.5) is 4.39 Å². The summed E-state index contributed by atoms with van der Waals surface area (Å²) in [6.07, 6.45) is -1.00. The maximum absolute atomic E-state index is 13.7. The third kappa shape index (κ3) is 2.60. The molecule has 2 aromatic rings. The number of hydrogen-bond donors (Lipinski definition) is 1. The summed E-state index contributed by atoms with van der Waals surface area (Å²) in [5.41, 5.74) is 0.212. The number of methoxy groups -OCH3 is 1. The van der Waals surface area contributed by atoms with Crippen LogP contribution >= 0.6 is 22.9 Å². The van der Waals surface area contributed by atoms with Crippen LogP contribution in [0.25, 0.3) is 0 Å². The molecular weight excluding hydrogens is 263 g/mol. The Morgan fingerprint density at radius 3 is 2.71 bits per heavy atom. The SMILES string of the molecule is COc1ccc(C(O)c2cc(Cl)cs2)c(F)c1. The lowest BCUT2D eigenvalue weighted by atomic mass is 10.1. The average molecular weight is 273 g/mol. The lowest BCUT2D eigenvalue weighted by Crippen LogP contribution is -2.00. The number of hydrogen-bond acceptors (Lipinski definition) is 3. The van der Waals surface area contributed by atoms with Gasteiger partial charge in [0, 0.05) is 21.9 Å². The van der Waals surface area contributed by atoms with Gasteiger partial charge in [-0.3, -0.25) is 0 Å². The first-order valence-electron chi connectivity index (χ1n) is 4.87. The number of benzene rings is 1. The number of ether oxygens (including phenoxy) is 1. The Morgan fingerprint density at radius 2 is 2.18 bits per heavy atom. The molecule has 2 rings (SSSR count). The maximum atomic E-state index is 13.7. The molecule has 0 aliphatic rings. The van der Waals surface area contributed by atoms with Crippen LogP contribution in [0.1, 0.15) is 16.5 Å². The molecule has 1 N–H and O–H groups in total. The average Bonchev–Trinajstić information content (AvgIpc) is 2.75. The van der Waals surface area contributed by atoms with E-state index < -0.39 is 11.9 Å². The zero-order valence-corrected chi connectivity index (χ0v) is 10.6. The number of thiophene rings is 1. The van der Waals surface area contributed by atoms with E-state index >= 15 is 0 Å². The molecule has 1 unspecified atom stereocenters. The highest BCUT2D eigenvalue weighted by molar-refractivity contribution is 7.10. The monoisotopic (exact) mass is 272 g/mol. The van der Waals surface area contributed by atoms with Gasteiger partial charge < -0.3 is 9.84 Å². The molecule has 2 nitrogen and oxygen atoms in total. The highest BCUT2D eigenvalue weighted by Gasteiger charge is 2.17. The Labute approximate surface area is 107 Å². The van der Waals surface area contributed by atoms with Gasteiger partial charge in [-0.25, -0.2) is 4.39 Å². The van der Waals surface area contributed by atoms with Gasteiger partial charge in [-0.05, 0) is 18.2 Å². The van der Waals surface area contributed by atoms with Crippen LogP contribution in [-0.2, 0) is 0 Å². The van der Waals surface area contributed by atoms with E-state index in [9.17, 15) is 9.50 Å². The molecule has 1 atom stereocenters. The molecule has 0 aliphatic carbocycles. The number of rotatable bonds is 3. The molecule has 0 spiro atoms. The zero-order chi connectivity index (χ0) is 12.4. The molecule has 0 saturated carbocycles. The molecule has 1 aromatic heterocycles. The summed E-state index contributed by atoms with van der Waals surface area (Å²) in [6, 6.07) is 5.98. The van der Waals surface area contributed by atoms with Gasteiger partial charge >= 0.3 is 0 Å². The van der Waals surface area contributed by atoms with Crippen LogP contribution in [0.15, 0.2) is 29.6 Å². The minimum absolute atomic E-state index is 0.212. The molecule has 17 heavy (non-hydrogen) atoms. The molecule has 5 heteroatoms. The number of halogens is 2. The van der Waals surface area contributed by atoms with Crippen molar-refractivity contribution in [2.75, 3.05) is 7.11 Å². The molecule has 0 fully saturated rings. The van der Waals surface area contributed by atoms with E-state index in [1.807, 2.05) is 0 Å². The summed E-state index contributed by atoms with van der Waals surface area (Å²) >= 11 is 7.06. The van der Waals surface area contributed by atoms with Crippen molar-refractivity contribution < 1.29 is 14.2 Å². The van der Waals surface area contributed by atoms with E-state index in [-0.39, 0.29) is 5.56 Å². The Hall–Kier alpha value is -1.10. The second-order valence-corrected chi connectivity index (χ2v) is 4.84. The van der Waals surface area contributed by atoms with E-state index in [2.05, 4.69) is 0 Å². The van der Waals surface area contributed by atoms with Gasteiger partial charge in [-0.15, -0.1) is 11.3 Å². The largest absolute Gasteiger partial charge is 0.497 e.